The van der Waals surface area contributed by atoms with Gasteiger partial charge in [0.2, 0.25) is 0 Å². The number of halogens is 3. The van der Waals surface area contributed by atoms with E-state index in [1.165, 1.54) is 17.0 Å². The van der Waals surface area contributed by atoms with Crippen LogP contribution in [0.4, 0.5) is 22.8 Å². The fourth-order valence-electron chi connectivity index (χ4n) is 5.94. The quantitative estimate of drug-likeness (QED) is 0.562. The Bertz CT molecular complexity index is 1230. The summed E-state index contributed by atoms with van der Waals surface area (Å²) in [5, 5.41) is 14.2. The summed E-state index contributed by atoms with van der Waals surface area (Å²) in [5.41, 5.74) is -1.65. The molecule has 1 N–H and O–H groups in total. The molecule has 1 aliphatic carbocycles. The molecule has 2 saturated heterocycles. The Morgan fingerprint density at radius 1 is 1.02 bits per heavy atom. The number of carbonyl (C=O) groups is 2. The zero-order valence-electron chi connectivity index (χ0n) is 22.8. The maximum absolute atomic E-state index is 13.5. The van der Waals surface area contributed by atoms with E-state index in [1.54, 1.807) is 9.80 Å². The van der Waals surface area contributed by atoms with Gasteiger partial charge in [-0.25, -0.2) is 9.59 Å². The standard InChI is InChI=1S/C27H34F3N5O5/c1-25(2,3)35(24(37)38)26(8-9-26)22-31-21(32-40-22)19-14-18(17-4-6-20(7-5-17)27(28,29)30)15-34(16-19)23(36)33-10-12-39-13-11-33/h4-7,18-19H,8-16H2,1-3H3,(H,37,38). The van der Waals surface area contributed by atoms with E-state index < -0.39 is 28.9 Å². The number of carboxylic acid groups (broad SMARTS) is 1. The van der Waals surface area contributed by atoms with Gasteiger partial charge in [0.1, 0.15) is 5.54 Å². The van der Waals surface area contributed by atoms with Crippen molar-refractivity contribution in [2.45, 2.75) is 69.1 Å². The van der Waals surface area contributed by atoms with Crippen LogP contribution >= 0.6 is 0 Å². The lowest BCUT2D eigenvalue weighted by Gasteiger charge is -2.40. The highest BCUT2D eigenvalue weighted by Gasteiger charge is 2.59. The molecule has 3 fully saturated rings. The summed E-state index contributed by atoms with van der Waals surface area (Å²) in [5.74, 6) is -0.0281. The molecule has 5 rings (SSSR count). The minimum atomic E-state index is -4.44. The average Bonchev–Trinajstić information content (AvgIpc) is 3.51. The number of likely N-dealkylation sites (tertiary alicyclic amines) is 1. The number of carbonyl (C=O) groups excluding carboxylic acids is 1. The molecular weight excluding hydrogens is 531 g/mol. The Morgan fingerprint density at radius 2 is 1.65 bits per heavy atom. The van der Waals surface area contributed by atoms with Gasteiger partial charge in [0.05, 0.1) is 18.8 Å². The van der Waals surface area contributed by atoms with Gasteiger partial charge in [-0.15, -0.1) is 0 Å². The Balaban J connectivity index is 1.43. The normalized spacial score (nSPS) is 23.1. The van der Waals surface area contributed by atoms with E-state index >= 15 is 0 Å². The summed E-state index contributed by atoms with van der Waals surface area (Å²) in [6, 6.07) is 4.87. The molecule has 2 unspecified atom stereocenters. The van der Waals surface area contributed by atoms with Crippen LogP contribution in [0.25, 0.3) is 0 Å². The summed E-state index contributed by atoms with van der Waals surface area (Å²) in [6.45, 7) is 7.86. The van der Waals surface area contributed by atoms with Gasteiger partial charge in [-0.2, -0.15) is 18.2 Å². The first kappa shape index (κ1) is 28.2. The molecule has 2 aromatic rings. The number of nitrogens with zero attached hydrogens (tertiary/aromatic N) is 5. The fourth-order valence-corrected chi connectivity index (χ4v) is 5.94. The molecule has 0 spiro atoms. The highest BCUT2D eigenvalue weighted by Crippen LogP contribution is 2.53. The second-order valence-electron chi connectivity index (χ2n) is 11.8. The largest absolute Gasteiger partial charge is 0.465 e. The smallest absolute Gasteiger partial charge is 0.416 e. The molecule has 0 bridgehead atoms. The van der Waals surface area contributed by atoms with Gasteiger partial charge in [-0.05, 0) is 57.7 Å². The van der Waals surface area contributed by atoms with Gasteiger partial charge >= 0.3 is 18.3 Å². The van der Waals surface area contributed by atoms with Crippen molar-refractivity contribution in [1.82, 2.24) is 24.8 Å². The van der Waals surface area contributed by atoms with Crippen LogP contribution < -0.4 is 0 Å². The van der Waals surface area contributed by atoms with Crippen LogP contribution in [-0.4, -0.2) is 87.0 Å². The second kappa shape index (κ2) is 10.2. The zero-order chi connectivity index (χ0) is 28.9. The molecule has 218 valence electrons. The number of benzene rings is 1. The molecular formula is C27H34F3N5O5. The first-order valence-corrected chi connectivity index (χ1v) is 13.5. The summed E-state index contributed by atoms with van der Waals surface area (Å²) < 4.78 is 50.5. The van der Waals surface area contributed by atoms with Crippen molar-refractivity contribution in [2.24, 2.45) is 0 Å². The summed E-state index contributed by atoms with van der Waals surface area (Å²) in [4.78, 5) is 35.1. The zero-order valence-corrected chi connectivity index (χ0v) is 22.8. The molecule has 1 aromatic heterocycles. The van der Waals surface area contributed by atoms with Crippen LogP contribution in [0.2, 0.25) is 0 Å². The van der Waals surface area contributed by atoms with Crippen molar-refractivity contribution < 1.29 is 37.1 Å². The highest BCUT2D eigenvalue weighted by atomic mass is 19.4. The van der Waals surface area contributed by atoms with Gasteiger partial charge < -0.3 is 24.2 Å². The molecule has 13 heteroatoms. The van der Waals surface area contributed by atoms with E-state index in [4.69, 9.17) is 9.26 Å². The van der Waals surface area contributed by atoms with Crippen LogP contribution in [0.1, 0.15) is 74.7 Å². The van der Waals surface area contributed by atoms with Gasteiger partial charge in [0.15, 0.2) is 5.82 Å². The number of aromatic nitrogens is 2. The number of ether oxygens (including phenoxy) is 1. The second-order valence-corrected chi connectivity index (χ2v) is 11.8. The molecule has 0 radical (unpaired) electrons. The average molecular weight is 566 g/mol. The summed E-state index contributed by atoms with van der Waals surface area (Å²) >= 11 is 0. The Labute approximate surface area is 230 Å². The van der Waals surface area contributed by atoms with Crippen molar-refractivity contribution in [3.8, 4) is 0 Å². The third-order valence-electron chi connectivity index (χ3n) is 7.93. The van der Waals surface area contributed by atoms with E-state index in [0.717, 1.165) is 12.1 Å². The fraction of sp³-hybridized carbons (Fsp3) is 0.630. The molecule has 2 aliphatic heterocycles. The third-order valence-corrected chi connectivity index (χ3v) is 7.93. The van der Waals surface area contributed by atoms with Crippen molar-refractivity contribution in [2.75, 3.05) is 39.4 Å². The maximum atomic E-state index is 13.5. The minimum Gasteiger partial charge on any atom is -0.465 e. The van der Waals surface area contributed by atoms with Crippen molar-refractivity contribution in [3.05, 3.63) is 47.1 Å². The number of alkyl halides is 3. The van der Waals surface area contributed by atoms with Crippen LogP contribution in [0.5, 0.6) is 0 Å². The molecule has 10 nitrogen and oxygen atoms in total. The Morgan fingerprint density at radius 3 is 2.20 bits per heavy atom. The monoisotopic (exact) mass is 565 g/mol. The van der Waals surface area contributed by atoms with E-state index in [9.17, 15) is 27.9 Å². The summed E-state index contributed by atoms with van der Waals surface area (Å²) in [6.07, 6.45) is -3.92. The predicted octanol–water partition coefficient (Wildman–Crippen LogP) is 4.88. The highest BCUT2D eigenvalue weighted by molar-refractivity contribution is 5.75. The van der Waals surface area contributed by atoms with Crippen molar-refractivity contribution in [1.29, 1.82) is 0 Å². The first-order chi connectivity index (χ1) is 18.8. The number of hydrogen-bond donors (Lipinski definition) is 1. The first-order valence-electron chi connectivity index (χ1n) is 13.5. The topological polar surface area (TPSA) is 112 Å². The van der Waals surface area contributed by atoms with Gasteiger partial charge in [0, 0.05) is 43.6 Å². The molecule has 3 amide bonds. The van der Waals surface area contributed by atoms with Crippen LogP contribution in [0.15, 0.2) is 28.8 Å². The number of morpholine rings is 1. The number of hydrogen-bond acceptors (Lipinski definition) is 6. The molecule has 3 heterocycles. The predicted molar refractivity (Wildman–Crippen MR) is 136 cm³/mol. The van der Waals surface area contributed by atoms with Crippen LogP contribution in [-0.2, 0) is 16.5 Å². The van der Waals surface area contributed by atoms with Gasteiger partial charge in [-0.1, -0.05) is 17.3 Å². The lowest BCUT2D eigenvalue weighted by molar-refractivity contribution is -0.137. The van der Waals surface area contributed by atoms with Gasteiger partial charge in [-0.3, -0.25) is 4.90 Å². The lowest BCUT2D eigenvalue weighted by Crippen LogP contribution is -2.52. The van der Waals surface area contributed by atoms with Crippen LogP contribution in [0, 0.1) is 0 Å². The summed E-state index contributed by atoms with van der Waals surface area (Å²) in [7, 11) is 0. The van der Waals surface area contributed by atoms with Crippen molar-refractivity contribution >= 4 is 12.1 Å². The van der Waals surface area contributed by atoms with E-state index in [1.807, 2.05) is 20.8 Å². The molecule has 3 aliphatic rings. The van der Waals surface area contributed by atoms with E-state index in [-0.39, 0.29) is 23.8 Å². The van der Waals surface area contributed by atoms with E-state index in [2.05, 4.69) is 10.1 Å². The maximum Gasteiger partial charge on any atom is 0.416 e. The minimum absolute atomic E-state index is 0.169. The third kappa shape index (κ3) is 5.48. The van der Waals surface area contributed by atoms with Crippen LogP contribution in [0.3, 0.4) is 0 Å². The Hall–Kier alpha value is -3.35. The Kier molecular flexibility index (Phi) is 7.22. The molecule has 1 aromatic carbocycles. The lowest BCUT2D eigenvalue weighted by atomic mass is 9.84. The molecule has 1 saturated carbocycles. The number of rotatable bonds is 4. The number of amides is 3. The van der Waals surface area contributed by atoms with Gasteiger partial charge in [0.25, 0.3) is 5.89 Å². The molecule has 2 atom stereocenters. The molecule has 40 heavy (non-hydrogen) atoms. The number of piperidine rings is 1. The number of urea groups is 1. The van der Waals surface area contributed by atoms with Crippen molar-refractivity contribution in [3.63, 3.8) is 0 Å². The van der Waals surface area contributed by atoms with E-state index in [0.29, 0.717) is 70.0 Å². The SMILES string of the molecule is CC(C)(C)N(C(=O)O)C1(c2nc(C3CC(c4ccc(C(F)(F)F)cc4)CN(C(=O)N4CCOCC4)C3)no2)CC1.